The summed E-state index contributed by atoms with van der Waals surface area (Å²) in [5, 5.41) is 0. The molecule has 0 bridgehead atoms. The molecule has 0 atom stereocenters. The highest BCUT2D eigenvalue weighted by Gasteiger charge is 2.10. The normalized spacial score (nSPS) is 11.3. The Hall–Kier alpha value is -1.10. The summed E-state index contributed by atoms with van der Waals surface area (Å²) in [6, 6.07) is 0. The van der Waals surface area contributed by atoms with E-state index in [0.717, 1.165) is 25.8 Å². The van der Waals surface area contributed by atoms with E-state index in [1.165, 1.54) is 0 Å². The molecule has 5 nitrogen and oxygen atoms in total. The Morgan fingerprint density at radius 1 is 1.00 bits per heavy atom. The molecule has 0 aliphatic carbocycles. The number of carbonyl (C=O) groups excluding carboxylic acids is 2. The van der Waals surface area contributed by atoms with Crippen LogP contribution in [0, 0.1) is 5.41 Å². The molecule has 0 saturated heterocycles. The molecule has 0 aromatic carbocycles. The van der Waals surface area contributed by atoms with Crippen LogP contribution in [0.2, 0.25) is 0 Å². The summed E-state index contributed by atoms with van der Waals surface area (Å²) in [6.45, 7) is 8.46. The molecule has 0 unspecified atom stereocenters. The summed E-state index contributed by atoms with van der Waals surface area (Å²) >= 11 is 0. The van der Waals surface area contributed by atoms with Crippen molar-refractivity contribution >= 4 is 12.9 Å². The second-order valence-corrected chi connectivity index (χ2v) is 5.20. The largest absolute Gasteiger partial charge is 0.452 e. The molecule has 5 heteroatoms. The van der Waals surface area contributed by atoms with Gasteiger partial charge in [0.15, 0.2) is 0 Å². The van der Waals surface area contributed by atoms with Crippen LogP contribution in [0.15, 0.2) is 0 Å². The van der Waals surface area contributed by atoms with Crippen LogP contribution in [0.5, 0.6) is 0 Å². The van der Waals surface area contributed by atoms with Gasteiger partial charge in [-0.05, 0) is 18.3 Å². The average molecular weight is 245 g/mol. The minimum Gasteiger partial charge on any atom is -0.452 e. The van der Waals surface area contributed by atoms with Crippen LogP contribution in [0.4, 0.5) is 0 Å². The van der Waals surface area contributed by atoms with Crippen molar-refractivity contribution in [3.05, 3.63) is 0 Å². The van der Waals surface area contributed by atoms with Crippen molar-refractivity contribution in [3.8, 4) is 0 Å². The van der Waals surface area contributed by atoms with Crippen LogP contribution >= 0.6 is 0 Å². The zero-order valence-electron chi connectivity index (χ0n) is 11.0. The zero-order valence-corrected chi connectivity index (χ0v) is 11.0. The fourth-order valence-corrected chi connectivity index (χ4v) is 1.43. The molecule has 0 amide bonds. The molecule has 0 aliphatic heterocycles. The van der Waals surface area contributed by atoms with Gasteiger partial charge in [-0.1, -0.05) is 27.2 Å². The number of hydrogen-bond donors (Lipinski definition) is 0. The first-order valence-corrected chi connectivity index (χ1v) is 5.82. The molecule has 0 radical (unpaired) electrons. The van der Waals surface area contributed by atoms with Crippen LogP contribution < -0.4 is 0 Å². The summed E-state index contributed by atoms with van der Waals surface area (Å²) in [6.07, 6.45) is 3.23. The Morgan fingerprint density at radius 3 is 1.94 bits per heavy atom. The van der Waals surface area contributed by atoms with Crippen molar-refractivity contribution < 1.29 is 19.1 Å². The molecule has 17 heavy (non-hydrogen) atoms. The molecule has 0 rings (SSSR count). The number of unbranched alkanes of at least 4 members (excludes halogenated alkanes) is 1. The van der Waals surface area contributed by atoms with Crippen LogP contribution in [-0.2, 0) is 19.1 Å². The molecule has 0 saturated carbocycles. The van der Waals surface area contributed by atoms with Gasteiger partial charge >= 0.3 is 0 Å². The lowest BCUT2D eigenvalue weighted by molar-refractivity contribution is -0.141. The highest BCUT2D eigenvalue weighted by molar-refractivity contribution is 5.37. The second kappa shape index (κ2) is 8.98. The SMILES string of the molecule is CC(C)(C)CCCCN(COC=O)COC=O. The maximum Gasteiger partial charge on any atom is 0.294 e. The van der Waals surface area contributed by atoms with E-state index in [1.54, 1.807) is 4.90 Å². The van der Waals surface area contributed by atoms with Crippen molar-refractivity contribution in [2.24, 2.45) is 5.41 Å². The third-order valence-corrected chi connectivity index (χ3v) is 2.30. The topological polar surface area (TPSA) is 55.8 Å². The first-order valence-electron chi connectivity index (χ1n) is 5.82. The maximum absolute atomic E-state index is 10.1. The highest BCUT2D eigenvalue weighted by atomic mass is 16.6. The summed E-state index contributed by atoms with van der Waals surface area (Å²) in [4.78, 5) is 21.9. The van der Waals surface area contributed by atoms with Crippen LogP contribution in [0.3, 0.4) is 0 Å². The quantitative estimate of drug-likeness (QED) is 0.333. The van der Waals surface area contributed by atoms with Gasteiger partial charge in [0, 0.05) is 6.54 Å². The fourth-order valence-electron chi connectivity index (χ4n) is 1.43. The van der Waals surface area contributed by atoms with Crippen molar-refractivity contribution in [3.63, 3.8) is 0 Å². The van der Waals surface area contributed by atoms with Gasteiger partial charge in [0.05, 0.1) is 0 Å². The van der Waals surface area contributed by atoms with Crippen molar-refractivity contribution in [1.29, 1.82) is 0 Å². The van der Waals surface area contributed by atoms with Gasteiger partial charge in [0.2, 0.25) is 0 Å². The van der Waals surface area contributed by atoms with Gasteiger partial charge in [-0.2, -0.15) is 0 Å². The molecule has 0 fully saturated rings. The van der Waals surface area contributed by atoms with Crippen LogP contribution in [0.1, 0.15) is 40.0 Å². The van der Waals surface area contributed by atoms with E-state index in [4.69, 9.17) is 0 Å². The Morgan fingerprint density at radius 2 is 1.53 bits per heavy atom. The number of ether oxygens (including phenoxy) is 2. The standard InChI is InChI=1S/C12H23NO4/c1-12(2,3)6-4-5-7-13(8-16-10-14)9-17-11-15/h10-11H,4-9H2,1-3H3. The Bertz CT molecular complexity index is 201. The molecule has 0 aliphatic rings. The molecule has 100 valence electrons. The zero-order chi connectivity index (χ0) is 13.1. The van der Waals surface area contributed by atoms with Crippen molar-refractivity contribution in [2.45, 2.75) is 40.0 Å². The monoisotopic (exact) mass is 245 g/mol. The van der Waals surface area contributed by atoms with E-state index in [-0.39, 0.29) is 13.5 Å². The summed E-state index contributed by atoms with van der Waals surface area (Å²) in [5.41, 5.74) is 0.337. The van der Waals surface area contributed by atoms with Crippen LogP contribution in [-0.4, -0.2) is 37.9 Å². The molecule has 0 aromatic rings. The Labute approximate surface area is 103 Å². The molecule has 0 spiro atoms. The first-order chi connectivity index (χ1) is 7.99. The number of carbonyl (C=O) groups is 2. The fraction of sp³-hybridized carbons (Fsp3) is 0.833. The highest BCUT2D eigenvalue weighted by Crippen LogP contribution is 2.21. The summed E-state index contributed by atoms with van der Waals surface area (Å²) < 4.78 is 9.28. The molecular formula is C12H23NO4. The number of hydrogen-bond acceptors (Lipinski definition) is 5. The Balaban J connectivity index is 3.73. The van der Waals surface area contributed by atoms with E-state index in [9.17, 15) is 9.59 Å². The Kier molecular flexibility index (Phi) is 8.40. The third kappa shape index (κ3) is 11.2. The number of rotatable bonds is 10. The van der Waals surface area contributed by atoms with Crippen LogP contribution in [0.25, 0.3) is 0 Å². The molecule has 0 N–H and O–H groups in total. The lowest BCUT2D eigenvalue weighted by Crippen LogP contribution is -2.30. The van der Waals surface area contributed by atoms with E-state index in [1.807, 2.05) is 0 Å². The van der Waals surface area contributed by atoms with E-state index in [0.29, 0.717) is 18.4 Å². The molecule has 0 heterocycles. The first kappa shape index (κ1) is 15.9. The predicted molar refractivity (Wildman–Crippen MR) is 64.0 cm³/mol. The summed E-state index contributed by atoms with van der Waals surface area (Å²) in [7, 11) is 0. The minimum absolute atomic E-state index is 0.160. The van der Waals surface area contributed by atoms with Crippen molar-refractivity contribution in [1.82, 2.24) is 4.90 Å². The van der Waals surface area contributed by atoms with Gasteiger partial charge < -0.3 is 9.47 Å². The molecular weight excluding hydrogens is 222 g/mol. The van der Waals surface area contributed by atoms with Gasteiger partial charge in [-0.15, -0.1) is 0 Å². The lowest BCUT2D eigenvalue weighted by atomic mass is 9.90. The van der Waals surface area contributed by atoms with Gasteiger partial charge in [-0.25, -0.2) is 4.90 Å². The van der Waals surface area contributed by atoms with E-state index >= 15 is 0 Å². The van der Waals surface area contributed by atoms with Crippen molar-refractivity contribution in [2.75, 3.05) is 20.0 Å². The predicted octanol–water partition coefficient (Wildman–Crippen LogP) is 1.77. The van der Waals surface area contributed by atoms with E-state index < -0.39 is 0 Å². The minimum atomic E-state index is 0.160. The second-order valence-electron chi connectivity index (χ2n) is 5.20. The summed E-state index contributed by atoms with van der Waals surface area (Å²) in [5.74, 6) is 0. The van der Waals surface area contributed by atoms with Gasteiger partial charge in [-0.3, -0.25) is 9.59 Å². The third-order valence-electron chi connectivity index (χ3n) is 2.30. The van der Waals surface area contributed by atoms with E-state index in [2.05, 4.69) is 30.2 Å². The maximum atomic E-state index is 10.1. The lowest BCUT2D eigenvalue weighted by Gasteiger charge is -2.21. The van der Waals surface area contributed by atoms with Gasteiger partial charge in [0.1, 0.15) is 13.5 Å². The van der Waals surface area contributed by atoms with Gasteiger partial charge in [0.25, 0.3) is 12.9 Å². The number of nitrogens with zero attached hydrogens (tertiary/aromatic N) is 1. The smallest absolute Gasteiger partial charge is 0.294 e. The molecule has 0 aromatic heterocycles. The average Bonchev–Trinajstić information content (AvgIpc) is 2.25.